The van der Waals surface area contributed by atoms with Crippen LogP contribution >= 0.6 is 12.4 Å². The Morgan fingerprint density at radius 2 is 2.40 bits per heavy atom. The van der Waals surface area contributed by atoms with Crippen LogP contribution in [0.25, 0.3) is 5.76 Å². The summed E-state index contributed by atoms with van der Waals surface area (Å²) in [5.41, 5.74) is 0.487. The lowest BCUT2D eigenvalue weighted by Crippen LogP contribution is -2.00. The highest BCUT2D eigenvalue weighted by atomic mass is 35.5. The van der Waals surface area contributed by atoms with Gasteiger partial charge in [-0.25, -0.2) is 4.79 Å². The summed E-state index contributed by atoms with van der Waals surface area (Å²) in [6, 6.07) is 3.32. The van der Waals surface area contributed by atoms with Crippen molar-refractivity contribution in [2.45, 2.75) is 6.92 Å². The monoisotopic (exact) mass is 229 g/mol. The molecule has 1 rings (SSSR count). The zero-order valence-corrected chi connectivity index (χ0v) is 9.03. The van der Waals surface area contributed by atoms with E-state index >= 15 is 0 Å². The molecule has 0 aliphatic carbocycles. The number of aliphatic hydroxyl groups is 1. The molecule has 0 saturated carbocycles. The summed E-state index contributed by atoms with van der Waals surface area (Å²) >= 11 is 0. The van der Waals surface area contributed by atoms with Crippen LogP contribution in [0.2, 0.25) is 0 Å². The Balaban J connectivity index is 0.00000196. The molecule has 4 nitrogen and oxygen atoms in total. The Morgan fingerprint density at radius 3 is 2.93 bits per heavy atom. The number of esters is 1. The minimum atomic E-state index is -0.561. The van der Waals surface area contributed by atoms with E-state index in [0.29, 0.717) is 5.56 Å². The van der Waals surface area contributed by atoms with Crippen molar-refractivity contribution in [2.24, 2.45) is 0 Å². The molecule has 5 heteroatoms. The number of hydrogen-bond acceptors (Lipinski definition) is 4. The second-order valence-corrected chi connectivity index (χ2v) is 2.52. The van der Waals surface area contributed by atoms with Gasteiger partial charge in [0.05, 0.1) is 12.7 Å². The summed E-state index contributed by atoms with van der Waals surface area (Å²) in [5.74, 6) is -0.703. The highest BCUT2D eigenvalue weighted by Gasteiger charge is 2.02. The number of ether oxygens (including phenoxy) is 1. The van der Waals surface area contributed by atoms with E-state index in [2.05, 4.69) is 9.72 Å². The van der Waals surface area contributed by atoms with Gasteiger partial charge in [0, 0.05) is 18.0 Å². The largest absolute Gasteiger partial charge is 0.507 e. The summed E-state index contributed by atoms with van der Waals surface area (Å²) in [5, 5.41) is 9.44. The van der Waals surface area contributed by atoms with Crippen LogP contribution in [-0.4, -0.2) is 22.7 Å². The Morgan fingerprint density at radius 1 is 1.67 bits per heavy atom. The minimum absolute atomic E-state index is 0. The van der Waals surface area contributed by atoms with Crippen LogP contribution < -0.4 is 0 Å². The van der Waals surface area contributed by atoms with Crippen molar-refractivity contribution >= 4 is 24.1 Å². The van der Waals surface area contributed by atoms with Crippen LogP contribution in [0, 0.1) is 0 Å². The minimum Gasteiger partial charge on any atom is -0.507 e. The van der Waals surface area contributed by atoms with Gasteiger partial charge in [-0.15, -0.1) is 12.4 Å². The van der Waals surface area contributed by atoms with E-state index in [1.807, 2.05) is 0 Å². The third-order valence-electron chi connectivity index (χ3n) is 1.50. The predicted octanol–water partition coefficient (Wildman–Crippen LogP) is 1.97. The van der Waals surface area contributed by atoms with Crippen molar-refractivity contribution in [1.29, 1.82) is 0 Å². The van der Waals surface area contributed by atoms with Crippen molar-refractivity contribution in [3.8, 4) is 0 Å². The predicted molar refractivity (Wildman–Crippen MR) is 58.7 cm³/mol. The van der Waals surface area contributed by atoms with E-state index in [-0.39, 0.29) is 24.8 Å². The molecule has 0 spiro atoms. The third-order valence-corrected chi connectivity index (χ3v) is 1.50. The summed E-state index contributed by atoms with van der Waals surface area (Å²) in [7, 11) is 0. The van der Waals surface area contributed by atoms with E-state index in [1.54, 1.807) is 25.3 Å². The number of pyridine rings is 1. The fraction of sp³-hybridized carbons (Fsp3) is 0.200. The molecule has 1 aromatic rings. The lowest BCUT2D eigenvalue weighted by Gasteiger charge is -1.99. The molecule has 0 unspecified atom stereocenters. The molecule has 0 aliphatic heterocycles. The summed E-state index contributed by atoms with van der Waals surface area (Å²) in [6.45, 7) is 1.99. The van der Waals surface area contributed by atoms with Crippen molar-refractivity contribution in [1.82, 2.24) is 4.98 Å². The molecule has 1 N–H and O–H groups in total. The summed E-state index contributed by atoms with van der Waals surface area (Å²) in [6.07, 6.45) is 4.08. The number of rotatable bonds is 3. The summed E-state index contributed by atoms with van der Waals surface area (Å²) < 4.78 is 4.64. The van der Waals surface area contributed by atoms with E-state index in [4.69, 9.17) is 0 Å². The van der Waals surface area contributed by atoms with Gasteiger partial charge in [-0.1, -0.05) is 0 Å². The normalized spacial score (nSPS) is 10.3. The Hall–Kier alpha value is -1.55. The van der Waals surface area contributed by atoms with Gasteiger partial charge in [0.1, 0.15) is 5.76 Å². The van der Waals surface area contributed by atoms with E-state index in [1.165, 1.54) is 6.20 Å². The van der Waals surface area contributed by atoms with Crippen molar-refractivity contribution in [3.63, 3.8) is 0 Å². The Kier molecular flexibility index (Phi) is 6.13. The SMILES string of the molecule is CCOC(=O)C=C(O)c1cccnc1.Cl. The van der Waals surface area contributed by atoms with Gasteiger partial charge in [0.15, 0.2) is 0 Å². The number of hydrogen-bond donors (Lipinski definition) is 1. The van der Waals surface area contributed by atoms with Crippen LogP contribution in [-0.2, 0) is 9.53 Å². The maximum atomic E-state index is 10.9. The van der Waals surface area contributed by atoms with Crippen LogP contribution in [0.3, 0.4) is 0 Å². The van der Waals surface area contributed by atoms with Gasteiger partial charge < -0.3 is 9.84 Å². The quantitative estimate of drug-likeness (QED) is 0.489. The van der Waals surface area contributed by atoms with Crippen LogP contribution in [0.1, 0.15) is 12.5 Å². The maximum Gasteiger partial charge on any atom is 0.334 e. The van der Waals surface area contributed by atoms with E-state index in [0.717, 1.165) is 6.08 Å². The number of carbonyl (C=O) groups excluding carboxylic acids is 1. The van der Waals surface area contributed by atoms with Crippen molar-refractivity contribution < 1.29 is 14.6 Å². The molecule has 1 aromatic heterocycles. The van der Waals surface area contributed by atoms with Crippen LogP contribution in [0.15, 0.2) is 30.6 Å². The van der Waals surface area contributed by atoms with Gasteiger partial charge >= 0.3 is 5.97 Å². The zero-order chi connectivity index (χ0) is 10.4. The molecule has 0 bridgehead atoms. The third kappa shape index (κ3) is 4.46. The topological polar surface area (TPSA) is 59.4 Å². The molecule has 0 saturated heterocycles. The number of carbonyl (C=O) groups is 1. The summed E-state index contributed by atoms with van der Waals surface area (Å²) in [4.78, 5) is 14.8. The number of aromatic nitrogens is 1. The highest BCUT2D eigenvalue weighted by molar-refractivity contribution is 5.89. The van der Waals surface area contributed by atoms with Gasteiger partial charge in [-0.3, -0.25) is 4.98 Å². The van der Waals surface area contributed by atoms with Crippen LogP contribution in [0.5, 0.6) is 0 Å². The fourth-order valence-corrected chi connectivity index (χ4v) is 0.893. The first kappa shape index (κ1) is 13.4. The van der Waals surface area contributed by atoms with E-state index in [9.17, 15) is 9.90 Å². The highest BCUT2D eigenvalue weighted by Crippen LogP contribution is 2.08. The first-order chi connectivity index (χ1) is 6.74. The molecule has 82 valence electrons. The maximum absolute atomic E-state index is 10.9. The molecular formula is C10H12ClNO3. The van der Waals surface area contributed by atoms with Crippen molar-refractivity contribution in [2.75, 3.05) is 6.61 Å². The molecule has 15 heavy (non-hydrogen) atoms. The lowest BCUT2D eigenvalue weighted by molar-refractivity contribution is -0.137. The van der Waals surface area contributed by atoms with Gasteiger partial charge in [0.2, 0.25) is 0 Å². The fourth-order valence-electron chi connectivity index (χ4n) is 0.893. The smallest absolute Gasteiger partial charge is 0.334 e. The number of aliphatic hydroxyl groups excluding tert-OH is 1. The molecule has 0 amide bonds. The molecule has 0 radical (unpaired) electrons. The molecule has 0 atom stereocenters. The molecular weight excluding hydrogens is 218 g/mol. The average molecular weight is 230 g/mol. The van der Waals surface area contributed by atoms with Gasteiger partial charge in [0.25, 0.3) is 0 Å². The molecule has 0 aliphatic rings. The standard InChI is InChI=1S/C10H11NO3.ClH/c1-2-14-10(13)6-9(12)8-4-3-5-11-7-8;/h3-7,12H,2H2,1H3;1H. The number of halogens is 1. The number of nitrogens with zero attached hydrogens (tertiary/aromatic N) is 1. The van der Waals surface area contributed by atoms with Gasteiger partial charge in [-0.05, 0) is 19.1 Å². The first-order valence-electron chi connectivity index (χ1n) is 4.22. The van der Waals surface area contributed by atoms with E-state index < -0.39 is 5.97 Å². The molecule has 0 aromatic carbocycles. The lowest BCUT2D eigenvalue weighted by atomic mass is 10.2. The molecule has 1 heterocycles. The first-order valence-corrected chi connectivity index (χ1v) is 4.22. The molecule has 0 fully saturated rings. The Bertz CT molecular complexity index is 338. The average Bonchev–Trinajstić information content (AvgIpc) is 2.19. The van der Waals surface area contributed by atoms with Gasteiger partial charge in [-0.2, -0.15) is 0 Å². The Labute approximate surface area is 94.0 Å². The second kappa shape index (κ2) is 6.84. The van der Waals surface area contributed by atoms with Crippen molar-refractivity contribution in [3.05, 3.63) is 36.2 Å². The van der Waals surface area contributed by atoms with Crippen LogP contribution in [0.4, 0.5) is 0 Å². The zero-order valence-electron chi connectivity index (χ0n) is 8.21. The second-order valence-electron chi connectivity index (χ2n) is 2.52.